The zero-order valence-electron chi connectivity index (χ0n) is 24.4. The fourth-order valence-electron chi connectivity index (χ4n) is 3.71. The maximum Gasteiger partial charge on any atom is 0.404 e. The van der Waals surface area contributed by atoms with Crippen LogP contribution in [-0.2, 0) is 28.6 Å². The Labute approximate surface area is 247 Å². The highest BCUT2D eigenvalue weighted by Gasteiger charge is 2.27. The van der Waals surface area contributed by atoms with Crippen LogP contribution in [0.4, 0.5) is 4.79 Å². The van der Waals surface area contributed by atoms with Crippen LogP contribution in [0.2, 0.25) is 0 Å². The van der Waals surface area contributed by atoms with E-state index in [9.17, 15) is 19.2 Å². The fourth-order valence-corrected chi connectivity index (χ4v) is 3.80. The van der Waals surface area contributed by atoms with Crippen molar-refractivity contribution in [2.24, 2.45) is 17.6 Å². The van der Waals surface area contributed by atoms with Gasteiger partial charge < -0.3 is 30.6 Å². The Morgan fingerprint density at radius 2 is 1.95 bits per heavy atom. The first-order valence-corrected chi connectivity index (χ1v) is 13.6. The summed E-state index contributed by atoms with van der Waals surface area (Å²) in [4.78, 5) is 48.0. The number of carbonyl (C=O) groups excluding carboxylic acids is 4. The van der Waals surface area contributed by atoms with Crippen LogP contribution < -0.4 is 16.4 Å². The van der Waals surface area contributed by atoms with Crippen molar-refractivity contribution >= 4 is 35.5 Å². The van der Waals surface area contributed by atoms with E-state index in [0.717, 1.165) is 5.57 Å². The number of methoxy groups -OCH3 is 1. The van der Waals surface area contributed by atoms with E-state index in [4.69, 9.17) is 31.5 Å². The average Bonchev–Trinajstić information content (AvgIpc) is 2.89. The minimum atomic E-state index is -0.905. The van der Waals surface area contributed by atoms with Crippen LogP contribution in [0.3, 0.4) is 0 Å². The second-order valence-electron chi connectivity index (χ2n) is 9.75. The zero-order valence-corrected chi connectivity index (χ0v) is 25.1. The van der Waals surface area contributed by atoms with Gasteiger partial charge in [0.1, 0.15) is 18.2 Å². The molecule has 0 saturated heterocycles. The lowest BCUT2D eigenvalue weighted by Crippen LogP contribution is -2.48. The molecule has 0 spiro atoms. The van der Waals surface area contributed by atoms with E-state index >= 15 is 0 Å². The van der Waals surface area contributed by atoms with Gasteiger partial charge in [-0.1, -0.05) is 68.2 Å². The quantitative estimate of drug-likeness (QED) is 0.166. The molecule has 0 aromatic rings. The molecule has 1 rings (SSSR count). The Kier molecular flexibility index (Phi) is 15.7. The van der Waals surface area contributed by atoms with Gasteiger partial charge in [0.25, 0.3) is 5.91 Å². The highest BCUT2D eigenvalue weighted by Crippen LogP contribution is 2.22. The summed E-state index contributed by atoms with van der Waals surface area (Å²) in [7, 11) is 1.43. The van der Waals surface area contributed by atoms with Crippen molar-refractivity contribution < 1.29 is 33.4 Å². The third kappa shape index (κ3) is 14.3. The molecule has 0 saturated carbocycles. The number of amides is 3. The van der Waals surface area contributed by atoms with E-state index < -0.39 is 36.0 Å². The third-order valence-corrected chi connectivity index (χ3v) is 6.02. The number of esters is 1. The monoisotopic (exact) mass is 589 g/mol. The van der Waals surface area contributed by atoms with Crippen molar-refractivity contribution in [3.05, 3.63) is 59.0 Å². The van der Waals surface area contributed by atoms with Crippen LogP contribution in [0.5, 0.6) is 0 Å². The summed E-state index contributed by atoms with van der Waals surface area (Å²) in [5.41, 5.74) is 5.98. The van der Waals surface area contributed by atoms with Gasteiger partial charge in [0.2, 0.25) is 5.91 Å². The molecule has 0 bridgehead atoms. The number of nitrogens with one attached hydrogen (secondary N) is 2. The number of hydrogen-bond donors (Lipinski definition) is 3. The lowest BCUT2D eigenvalue weighted by atomic mass is 9.97. The summed E-state index contributed by atoms with van der Waals surface area (Å²) in [6, 6.07) is -0.821. The predicted molar refractivity (Wildman–Crippen MR) is 157 cm³/mol. The van der Waals surface area contributed by atoms with Crippen LogP contribution in [-0.4, -0.2) is 49.2 Å². The number of ether oxygens (including phenoxy) is 3. The zero-order chi connectivity index (χ0) is 30.9. The third-order valence-electron chi connectivity index (χ3n) is 5.87. The lowest BCUT2D eigenvalue weighted by Gasteiger charge is -2.25. The summed E-state index contributed by atoms with van der Waals surface area (Å²) in [6.45, 7) is 9.11. The molecule has 4 atom stereocenters. The molecule has 4 N–H and O–H groups in total. The van der Waals surface area contributed by atoms with Crippen molar-refractivity contribution in [2.45, 2.75) is 72.1 Å². The Balaban J connectivity index is 2.65. The number of allylic oxidation sites excluding steroid dienone is 4. The Bertz CT molecular complexity index is 1150. The van der Waals surface area contributed by atoms with Gasteiger partial charge in [0, 0.05) is 30.2 Å². The Morgan fingerprint density at radius 1 is 1.24 bits per heavy atom. The molecule has 224 valence electrons. The normalized spacial score (nSPS) is 18.1. The van der Waals surface area contributed by atoms with Crippen molar-refractivity contribution in [1.82, 2.24) is 10.6 Å². The molecular formula is C30H40ClN3O7. The molecule has 1 aliphatic rings. The van der Waals surface area contributed by atoms with Gasteiger partial charge in [-0.2, -0.15) is 0 Å². The summed E-state index contributed by atoms with van der Waals surface area (Å²) in [5.74, 6) is 3.59. The minimum absolute atomic E-state index is 0.0397. The first kappa shape index (κ1) is 35.1. The molecule has 1 aliphatic heterocycles. The molecular weight excluding hydrogens is 550 g/mol. The van der Waals surface area contributed by atoms with E-state index in [2.05, 4.69) is 22.5 Å². The maximum atomic E-state index is 12.6. The highest BCUT2D eigenvalue weighted by atomic mass is 35.5. The molecule has 0 aromatic heterocycles. The van der Waals surface area contributed by atoms with Crippen LogP contribution in [0.25, 0.3) is 0 Å². The van der Waals surface area contributed by atoms with Crippen molar-refractivity contribution in [2.75, 3.05) is 7.11 Å². The van der Waals surface area contributed by atoms with Gasteiger partial charge >= 0.3 is 12.1 Å². The van der Waals surface area contributed by atoms with Gasteiger partial charge in [-0.05, 0) is 44.0 Å². The molecule has 0 unspecified atom stereocenters. The highest BCUT2D eigenvalue weighted by molar-refractivity contribution is 6.29. The molecule has 41 heavy (non-hydrogen) atoms. The maximum absolute atomic E-state index is 12.6. The lowest BCUT2D eigenvalue weighted by molar-refractivity contribution is -0.151. The Morgan fingerprint density at radius 3 is 2.54 bits per heavy atom. The molecule has 11 heteroatoms. The molecule has 3 amide bonds. The van der Waals surface area contributed by atoms with E-state index in [-0.39, 0.29) is 23.7 Å². The van der Waals surface area contributed by atoms with E-state index in [1.54, 1.807) is 45.1 Å². The molecule has 1 heterocycles. The number of rotatable bonds is 13. The van der Waals surface area contributed by atoms with E-state index in [1.807, 2.05) is 19.9 Å². The number of nitrogens with two attached hydrogens (primary N) is 1. The number of cyclic esters (lactones) is 1. The fraction of sp³-hybridized carbons (Fsp3) is 0.467. The number of primary amides is 1. The molecule has 10 nitrogen and oxygen atoms in total. The van der Waals surface area contributed by atoms with E-state index in [0.29, 0.717) is 24.3 Å². The van der Waals surface area contributed by atoms with Gasteiger partial charge in [-0.25, -0.2) is 9.59 Å². The topological polar surface area (TPSA) is 146 Å². The summed E-state index contributed by atoms with van der Waals surface area (Å²) >= 11 is 5.82. The number of hydrogen-bond acceptors (Lipinski definition) is 7. The summed E-state index contributed by atoms with van der Waals surface area (Å²) in [6.07, 6.45) is 11.2. The second-order valence-corrected chi connectivity index (χ2v) is 10.3. The molecule has 0 aliphatic carbocycles. The van der Waals surface area contributed by atoms with Crippen LogP contribution >= 0.6 is 11.6 Å². The molecule has 0 aromatic carbocycles. The molecule has 0 fully saturated rings. The number of halogens is 1. The first-order chi connectivity index (χ1) is 19.3. The predicted octanol–water partition coefficient (Wildman–Crippen LogP) is 4.13. The summed E-state index contributed by atoms with van der Waals surface area (Å²) < 4.78 is 15.4. The van der Waals surface area contributed by atoms with E-state index in [1.165, 1.54) is 19.4 Å². The largest absolute Gasteiger partial charge is 0.490 e. The number of carbonyl (C=O) groups is 4. The van der Waals surface area contributed by atoms with Crippen LogP contribution in [0.15, 0.2) is 59.0 Å². The minimum Gasteiger partial charge on any atom is -0.490 e. The summed E-state index contributed by atoms with van der Waals surface area (Å²) in [5, 5.41) is 5.80. The Hall–Kier alpha value is -3.97. The van der Waals surface area contributed by atoms with Crippen LogP contribution in [0, 0.1) is 23.7 Å². The van der Waals surface area contributed by atoms with Crippen molar-refractivity contribution in [3.8, 4) is 11.8 Å². The van der Waals surface area contributed by atoms with Crippen LogP contribution in [0.1, 0.15) is 53.9 Å². The van der Waals surface area contributed by atoms with Crippen molar-refractivity contribution in [1.29, 1.82) is 0 Å². The van der Waals surface area contributed by atoms with Gasteiger partial charge in [-0.3, -0.25) is 9.59 Å². The van der Waals surface area contributed by atoms with Crippen molar-refractivity contribution in [3.63, 3.8) is 0 Å². The standard InChI is InChI=1S/C30H40ClN3O7/c1-19(2)27(28(36)33-17-9-11-23(40-30(32)38)14-13-22(5)31)34-26(35)12-8-7-10-20(3)18-21(4)24-15-16-25(39-6)29(37)41-24/h7,9-10,13,16-19,21,23-24,27H,11,14-15H2,1-6H3,(H2,32,38)(H,33,36)(H,34,35)/t21-,23+,24-,27-/m0/s1. The van der Waals surface area contributed by atoms with Gasteiger partial charge in [0.05, 0.1) is 7.11 Å². The average molecular weight is 590 g/mol. The smallest absolute Gasteiger partial charge is 0.404 e. The van der Waals surface area contributed by atoms with Gasteiger partial charge in [-0.15, -0.1) is 0 Å². The SMILES string of the molecule is COC1=CC[C@@H]([C@@H](C)C=C(C)C=CC#CC(=O)N[C@H](C(=O)NC=CC[C@H](CC=C(C)Cl)OC(N)=O)C(C)C)OC1=O. The first-order valence-electron chi connectivity index (χ1n) is 13.2. The van der Waals surface area contributed by atoms with Gasteiger partial charge in [0.15, 0.2) is 5.76 Å². The molecule has 0 radical (unpaired) electrons. The second kappa shape index (κ2) is 18.4.